The van der Waals surface area contributed by atoms with Crippen molar-refractivity contribution in [1.29, 1.82) is 0 Å². The Bertz CT molecular complexity index is 568. The summed E-state index contributed by atoms with van der Waals surface area (Å²) in [6.07, 6.45) is 3.23. The van der Waals surface area contributed by atoms with Gasteiger partial charge in [0.05, 0.1) is 0 Å². The van der Waals surface area contributed by atoms with Gasteiger partial charge in [0.2, 0.25) is 0 Å². The van der Waals surface area contributed by atoms with Crippen molar-refractivity contribution >= 4 is 23.4 Å². The van der Waals surface area contributed by atoms with E-state index in [4.69, 9.17) is 4.74 Å². The summed E-state index contributed by atoms with van der Waals surface area (Å²) in [5, 5.41) is 1.97. The molecule has 0 aliphatic carbocycles. The average molecular weight is 272 g/mol. The van der Waals surface area contributed by atoms with E-state index < -0.39 is 0 Å². The standard InChI is InChI=1S/C16H16O2S/c1-12(2)14-7-3-4-8-15(14)18-16(17)10-9-13-6-5-11-19-13/h3-12H,1-2H3. The van der Waals surface area contributed by atoms with Gasteiger partial charge in [-0.2, -0.15) is 0 Å². The fourth-order valence-electron chi connectivity index (χ4n) is 1.73. The smallest absolute Gasteiger partial charge is 0.336 e. The lowest BCUT2D eigenvalue weighted by atomic mass is 10.0. The summed E-state index contributed by atoms with van der Waals surface area (Å²) in [6.45, 7) is 4.16. The van der Waals surface area contributed by atoms with Crippen molar-refractivity contribution in [3.63, 3.8) is 0 Å². The summed E-state index contributed by atoms with van der Waals surface area (Å²) in [5.74, 6) is 0.616. The van der Waals surface area contributed by atoms with Crippen molar-refractivity contribution in [1.82, 2.24) is 0 Å². The van der Waals surface area contributed by atoms with Gasteiger partial charge >= 0.3 is 5.97 Å². The van der Waals surface area contributed by atoms with Crippen LogP contribution in [0.4, 0.5) is 0 Å². The van der Waals surface area contributed by atoms with Crippen molar-refractivity contribution in [3.05, 3.63) is 58.3 Å². The first-order valence-electron chi connectivity index (χ1n) is 6.19. The van der Waals surface area contributed by atoms with Crippen LogP contribution in [0, 0.1) is 0 Å². The Morgan fingerprint density at radius 1 is 1.21 bits per heavy atom. The molecule has 0 saturated carbocycles. The number of esters is 1. The number of para-hydroxylation sites is 1. The molecule has 0 spiro atoms. The first kappa shape index (κ1) is 13.6. The lowest BCUT2D eigenvalue weighted by molar-refractivity contribution is -0.128. The number of benzene rings is 1. The molecule has 1 aromatic heterocycles. The molecule has 0 atom stereocenters. The molecule has 0 bridgehead atoms. The van der Waals surface area contributed by atoms with Crippen LogP contribution in [0.1, 0.15) is 30.2 Å². The van der Waals surface area contributed by atoms with E-state index in [-0.39, 0.29) is 5.97 Å². The van der Waals surface area contributed by atoms with E-state index in [1.165, 1.54) is 6.08 Å². The third-order valence-corrected chi connectivity index (χ3v) is 3.52. The fraction of sp³-hybridized carbons (Fsp3) is 0.188. The molecule has 0 saturated heterocycles. The molecule has 0 N–H and O–H groups in total. The molecule has 0 aliphatic heterocycles. The normalized spacial score (nSPS) is 11.1. The highest BCUT2D eigenvalue weighted by atomic mass is 32.1. The van der Waals surface area contributed by atoms with E-state index >= 15 is 0 Å². The highest BCUT2D eigenvalue weighted by molar-refractivity contribution is 7.10. The number of carbonyl (C=O) groups is 1. The van der Waals surface area contributed by atoms with E-state index in [2.05, 4.69) is 13.8 Å². The SMILES string of the molecule is CC(C)c1ccccc1OC(=O)C=Cc1cccs1. The predicted octanol–water partition coefficient (Wildman–Crippen LogP) is 4.49. The summed E-state index contributed by atoms with van der Waals surface area (Å²) < 4.78 is 5.38. The second-order valence-corrected chi connectivity index (χ2v) is 5.44. The molecule has 0 unspecified atom stereocenters. The Labute approximate surface area is 117 Å². The Balaban J connectivity index is 2.07. The number of carbonyl (C=O) groups excluding carboxylic acids is 1. The summed E-state index contributed by atoms with van der Waals surface area (Å²) in [5.41, 5.74) is 1.04. The topological polar surface area (TPSA) is 26.3 Å². The first-order valence-corrected chi connectivity index (χ1v) is 7.07. The molecule has 19 heavy (non-hydrogen) atoms. The molecule has 1 heterocycles. The van der Waals surface area contributed by atoms with Crippen molar-refractivity contribution in [3.8, 4) is 5.75 Å². The molecule has 3 heteroatoms. The van der Waals surface area contributed by atoms with Crippen molar-refractivity contribution in [2.24, 2.45) is 0 Å². The second-order valence-electron chi connectivity index (χ2n) is 4.46. The largest absolute Gasteiger partial charge is 0.423 e. The van der Waals surface area contributed by atoms with Crippen LogP contribution in [-0.4, -0.2) is 5.97 Å². The zero-order valence-corrected chi connectivity index (χ0v) is 11.8. The molecule has 0 amide bonds. The Kier molecular flexibility index (Phi) is 4.53. The number of hydrogen-bond acceptors (Lipinski definition) is 3. The van der Waals surface area contributed by atoms with Gasteiger partial charge in [-0.25, -0.2) is 4.79 Å². The lowest BCUT2D eigenvalue weighted by Gasteiger charge is -2.11. The quantitative estimate of drug-likeness (QED) is 0.465. The van der Waals surface area contributed by atoms with Gasteiger partial charge in [-0.1, -0.05) is 38.1 Å². The van der Waals surface area contributed by atoms with Crippen LogP contribution in [-0.2, 0) is 4.79 Å². The molecule has 0 aliphatic rings. The number of rotatable bonds is 4. The average Bonchev–Trinajstić information content (AvgIpc) is 2.90. The van der Waals surface area contributed by atoms with Gasteiger partial charge in [0.1, 0.15) is 5.75 Å². The summed E-state index contributed by atoms with van der Waals surface area (Å²) in [6, 6.07) is 11.5. The zero-order chi connectivity index (χ0) is 13.7. The molecule has 0 fully saturated rings. The molecular formula is C16H16O2S. The minimum absolute atomic E-state index is 0.324. The first-order chi connectivity index (χ1) is 9.16. The third kappa shape index (κ3) is 3.80. The van der Waals surface area contributed by atoms with Crippen LogP contribution < -0.4 is 4.74 Å². The zero-order valence-electron chi connectivity index (χ0n) is 11.0. The van der Waals surface area contributed by atoms with E-state index in [1.807, 2.05) is 41.8 Å². The third-order valence-electron chi connectivity index (χ3n) is 2.68. The Morgan fingerprint density at radius 3 is 2.68 bits per heavy atom. The molecular weight excluding hydrogens is 256 g/mol. The van der Waals surface area contributed by atoms with E-state index in [0.29, 0.717) is 11.7 Å². The molecule has 2 nitrogen and oxygen atoms in total. The molecule has 2 rings (SSSR count). The summed E-state index contributed by atoms with van der Waals surface area (Å²) >= 11 is 1.58. The van der Waals surface area contributed by atoms with Gasteiger partial charge in [0.15, 0.2) is 0 Å². The van der Waals surface area contributed by atoms with E-state index in [0.717, 1.165) is 10.4 Å². The Hall–Kier alpha value is -1.87. The van der Waals surface area contributed by atoms with Gasteiger partial charge in [-0.15, -0.1) is 11.3 Å². The van der Waals surface area contributed by atoms with Gasteiger partial charge in [-0.05, 0) is 35.1 Å². The van der Waals surface area contributed by atoms with E-state index in [9.17, 15) is 4.79 Å². The minimum Gasteiger partial charge on any atom is -0.423 e. The maximum Gasteiger partial charge on any atom is 0.336 e. The molecule has 0 radical (unpaired) electrons. The number of hydrogen-bond donors (Lipinski definition) is 0. The Morgan fingerprint density at radius 2 is 2.00 bits per heavy atom. The monoisotopic (exact) mass is 272 g/mol. The lowest BCUT2D eigenvalue weighted by Crippen LogP contribution is -2.06. The highest BCUT2D eigenvalue weighted by Crippen LogP contribution is 2.26. The van der Waals surface area contributed by atoms with Crippen molar-refractivity contribution in [2.45, 2.75) is 19.8 Å². The van der Waals surface area contributed by atoms with Gasteiger partial charge in [0, 0.05) is 11.0 Å². The second kappa shape index (κ2) is 6.34. The van der Waals surface area contributed by atoms with Crippen LogP contribution in [0.15, 0.2) is 47.9 Å². The fourth-order valence-corrected chi connectivity index (χ4v) is 2.35. The van der Waals surface area contributed by atoms with Gasteiger partial charge in [0.25, 0.3) is 0 Å². The van der Waals surface area contributed by atoms with E-state index in [1.54, 1.807) is 17.4 Å². The number of ether oxygens (including phenoxy) is 1. The summed E-state index contributed by atoms with van der Waals surface area (Å²) in [7, 11) is 0. The van der Waals surface area contributed by atoms with Crippen LogP contribution in [0.2, 0.25) is 0 Å². The van der Waals surface area contributed by atoms with Crippen LogP contribution in [0.25, 0.3) is 6.08 Å². The predicted molar refractivity (Wildman–Crippen MR) is 79.5 cm³/mol. The van der Waals surface area contributed by atoms with Crippen molar-refractivity contribution < 1.29 is 9.53 Å². The van der Waals surface area contributed by atoms with Crippen LogP contribution in [0.3, 0.4) is 0 Å². The summed E-state index contributed by atoms with van der Waals surface area (Å²) in [4.78, 5) is 12.8. The molecule has 98 valence electrons. The van der Waals surface area contributed by atoms with Crippen molar-refractivity contribution in [2.75, 3.05) is 0 Å². The van der Waals surface area contributed by atoms with Crippen LogP contribution in [0.5, 0.6) is 5.75 Å². The minimum atomic E-state index is -0.346. The number of thiophene rings is 1. The van der Waals surface area contributed by atoms with Crippen LogP contribution >= 0.6 is 11.3 Å². The molecule has 1 aromatic carbocycles. The highest BCUT2D eigenvalue weighted by Gasteiger charge is 2.09. The maximum atomic E-state index is 11.8. The van der Waals surface area contributed by atoms with Gasteiger partial charge in [-0.3, -0.25) is 0 Å². The molecule has 2 aromatic rings. The maximum absolute atomic E-state index is 11.8. The van der Waals surface area contributed by atoms with Gasteiger partial charge < -0.3 is 4.74 Å².